The summed E-state index contributed by atoms with van der Waals surface area (Å²) in [7, 11) is 0. The highest BCUT2D eigenvalue weighted by atomic mass is 32.2. The molecule has 56 valence electrons. The lowest BCUT2D eigenvalue weighted by Gasteiger charge is -2.11. The second-order valence-corrected chi connectivity index (χ2v) is 3.53. The Labute approximate surface area is 62.8 Å². The zero-order chi connectivity index (χ0) is 6.97. The normalized spacial score (nSPS) is 38.3. The summed E-state index contributed by atoms with van der Waals surface area (Å²) in [5, 5.41) is 12.9. The van der Waals surface area contributed by atoms with E-state index in [9.17, 15) is 0 Å². The molecule has 0 aliphatic carbocycles. The van der Waals surface area contributed by atoms with Gasteiger partial charge in [0.05, 0.1) is 11.5 Å². The van der Waals surface area contributed by atoms with Crippen molar-refractivity contribution in [2.45, 2.75) is 12.3 Å². The zero-order valence-corrected chi connectivity index (χ0v) is 6.25. The van der Waals surface area contributed by atoms with Gasteiger partial charge in [-0.05, 0) is 0 Å². The predicted octanol–water partition coefficient (Wildman–Crippen LogP) is -0.170. The number of hydrogen-bond donors (Lipinski definition) is 1. The van der Waals surface area contributed by atoms with E-state index in [1.54, 1.807) is 0 Å². The predicted molar refractivity (Wildman–Crippen MR) is 35.8 cm³/mol. The van der Waals surface area contributed by atoms with E-state index in [-0.39, 0.29) is 6.04 Å². The van der Waals surface area contributed by atoms with E-state index < -0.39 is 6.29 Å². The van der Waals surface area contributed by atoms with Crippen LogP contribution in [0.1, 0.15) is 0 Å². The summed E-state index contributed by atoms with van der Waals surface area (Å²) in [6.07, 6.45) is -0.701. The molecular formula is C5H9N2O2S+. The molecular weight excluding hydrogens is 152 g/mol. The standard InChI is InChI=1S/C5H9N2O2S/c8-5-4-3-10-2-1-7(4)6-9-5/h4-5,8H,1-3H2/q+1. The van der Waals surface area contributed by atoms with Crippen LogP contribution >= 0.6 is 11.8 Å². The summed E-state index contributed by atoms with van der Waals surface area (Å²) in [6.45, 7) is 0.895. The van der Waals surface area contributed by atoms with Gasteiger partial charge in [0.2, 0.25) is 0 Å². The van der Waals surface area contributed by atoms with Crippen molar-refractivity contribution in [2.24, 2.45) is 5.28 Å². The summed E-state index contributed by atoms with van der Waals surface area (Å²) in [5.74, 6) is 2.00. The Kier molecular flexibility index (Phi) is 1.54. The zero-order valence-electron chi connectivity index (χ0n) is 5.43. The Bertz CT molecular complexity index is 173. The molecule has 1 N–H and O–H groups in total. The number of rotatable bonds is 0. The van der Waals surface area contributed by atoms with Crippen molar-refractivity contribution >= 4 is 11.8 Å². The Morgan fingerprint density at radius 3 is 3.40 bits per heavy atom. The van der Waals surface area contributed by atoms with E-state index in [2.05, 4.69) is 5.28 Å². The first-order valence-corrected chi connectivity index (χ1v) is 4.42. The van der Waals surface area contributed by atoms with E-state index in [1.165, 1.54) is 0 Å². The molecule has 2 heterocycles. The van der Waals surface area contributed by atoms with Crippen LogP contribution in [0.3, 0.4) is 0 Å². The lowest BCUT2D eigenvalue weighted by atomic mass is 10.3. The van der Waals surface area contributed by atoms with Crippen LogP contribution in [-0.2, 0) is 4.84 Å². The van der Waals surface area contributed by atoms with Crippen LogP contribution in [-0.4, -0.2) is 40.2 Å². The molecule has 10 heavy (non-hydrogen) atoms. The quantitative estimate of drug-likeness (QED) is 0.502. The minimum Gasteiger partial charge on any atom is -0.352 e. The average molecular weight is 161 g/mol. The number of hydrogen-bond acceptors (Lipinski definition) is 4. The van der Waals surface area contributed by atoms with Crippen LogP contribution in [0.4, 0.5) is 0 Å². The molecule has 0 aromatic rings. The molecule has 0 amide bonds. The van der Waals surface area contributed by atoms with Crippen molar-refractivity contribution in [3.63, 3.8) is 0 Å². The molecule has 0 radical (unpaired) electrons. The van der Waals surface area contributed by atoms with E-state index >= 15 is 0 Å². The van der Waals surface area contributed by atoms with Gasteiger partial charge in [-0.2, -0.15) is 0 Å². The fourth-order valence-electron chi connectivity index (χ4n) is 1.12. The molecule has 2 aliphatic heterocycles. The summed E-state index contributed by atoms with van der Waals surface area (Å²) < 4.78 is 1.82. The minimum absolute atomic E-state index is 0.0961. The van der Waals surface area contributed by atoms with Crippen LogP contribution in [0.2, 0.25) is 0 Å². The molecule has 4 nitrogen and oxygen atoms in total. The van der Waals surface area contributed by atoms with E-state index in [0.717, 1.165) is 18.1 Å². The van der Waals surface area contributed by atoms with Crippen LogP contribution < -0.4 is 0 Å². The van der Waals surface area contributed by atoms with Crippen molar-refractivity contribution in [1.82, 2.24) is 0 Å². The number of aliphatic hydroxyl groups is 1. The van der Waals surface area contributed by atoms with Gasteiger partial charge < -0.3 is 9.94 Å². The topological polar surface area (TPSA) is 44.8 Å². The van der Waals surface area contributed by atoms with Gasteiger partial charge in [-0.3, -0.25) is 0 Å². The summed E-state index contributed by atoms with van der Waals surface area (Å²) in [5.41, 5.74) is 0. The summed E-state index contributed by atoms with van der Waals surface area (Å²) in [6, 6.07) is 0.0961. The number of fused-ring (bicyclic) bond motifs is 1. The maximum atomic E-state index is 9.15. The lowest BCUT2D eigenvalue weighted by molar-refractivity contribution is -0.617. The Hall–Kier alpha value is -0.290. The van der Waals surface area contributed by atoms with Gasteiger partial charge in [0.15, 0.2) is 11.8 Å². The highest BCUT2D eigenvalue weighted by Gasteiger charge is 2.41. The Balaban J connectivity index is 2.11. The fourth-order valence-corrected chi connectivity index (χ4v) is 2.19. The molecule has 2 unspecified atom stereocenters. The third kappa shape index (κ3) is 0.894. The van der Waals surface area contributed by atoms with E-state index in [4.69, 9.17) is 9.94 Å². The first-order valence-electron chi connectivity index (χ1n) is 3.27. The molecule has 0 spiro atoms. The van der Waals surface area contributed by atoms with Crippen molar-refractivity contribution in [2.75, 3.05) is 18.1 Å². The van der Waals surface area contributed by atoms with E-state index in [1.807, 2.05) is 16.5 Å². The molecule has 0 saturated carbocycles. The first-order chi connectivity index (χ1) is 4.88. The first kappa shape index (κ1) is 6.42. The monoisotopic (exact) mass is 161 g/mol. The lowest BCUT2D eigenvalue weighted by Crippen LogP contribution is -2.38. The highest BCUT2D eigenvalue weighted by Crippen LogP contribution is 2.20. The SMILES string of the molecule is OC1ON=[N+]2CCSCC12. The van der Waals surface area contributed by atoms with Crippen LogP contribution in [0.25, 0.3) is 0 Å². The number of nitrogens with zero attached hydrogens (tertiary/aromatic N) is 2. The van der Waals surface area contributed by atoms with Crippen LogP contribution in [0.5, 0.6) is 0 Å². The molecule has 1 saturated heterocycles. The molecule has 0 aromatic carbocycles. The molecule has 0 bridgehead atoms. The van der Waals surface area contributed by atoms with Crippen molar-refractivity contribution < 1.29 is 14.6 Å². The minimum atomic E-state index is -0.701. The van der Waals surface area contributed by atoms with Gasteiger partial charge >= 0.3 is 0 Å². The molecule has 2 aliphatic rings. The molecule has 2 rings (SSSR count). The maximum Gasteiger partial charge on any atom is 0.295 e. The van der Waals surface area contributed by atoms with Gasteiger partial charge in [-0.25, -0.2) is 0 Å². The smallest absolute Gasteiger partial charge is 0.295 e. The van der Waals surface area contributed by atoms with Gasteiger partial charge in [0.1, 0.15) is 0 Å². The average Bonchev–Trinajstić information content (AvgIpc) is 2.34. The molecule has 2 atom stereocenters. The second kappa shape index (κ2) is 2.39. The number of aliphatic hydroxyl groups excluding tert-OH is 1. The van der Waals surface area contributed by atoms with Crippen molar-refractivity contribution in [3.8, 4) is 0 Å². The highest BCUT2D eigenvalue weighted by molar-refractivity contribution is 7.99. The molecule has 5 heteroatoms. The van der Waals surface area contributed by atoms with E-state index in [0.29, 0.717) is 0 Å². The van der Waals surface area contributed by atoms with Crippen LogP contribution in [0.15, 0.2) is 5.28 Å². The summed E-state index contributed by atoms with van der Waals surface area (Å²) in [4.78, 5) is 4.69. The largest absolute Gasteiger partial charge is 0.352 e. The van der Waals surface area contributed by atoms with Gasteiger partial charge in [0.25, 0.3) is 12.3 Å². The third-order valence-corrected chi connectivity index (χ3v) is 2.77. The van der Waals surface area contributed by atoms with Crippen LogP contribution in [0, 0.1) is 0 Å². The van der Waals surface area contributed by atoms with Gasteiger partial charge in [0, 0.05) is 0 Å². The molecule has 0 aromatic heterocycles. The van der Waals surface area contributed by atoms with Crippen molar-refractivity contribution in [1.29, 1.82) is 0 Å². The van der Waals surface area contributed by atoms with Crippen molar-refractivity contribution in [3.05, 3.63) is 0 Å². The maximum absolute atomic E-state index is 9.15. The molecule has 1 fully saturated rings. The van der Waals surface area contributed by atoms with Gasteiger partial charge in [-0.15, -0.1) is 11.8 Å². The second-order valence-electron chi connectivity index (χ2n) is 2.38. The third-order valence-electron chi connectivity index (χ3n) is 1.73. The Morgan fingerprint density at radius 1 is 1.70 bits per heavy atom. The summed E-state index contributed by atoms with van der Waals surface area (Å²) >= 11 is 1.83. The fraction of sp³-hybridized carbons (Fsp3) is 1.00. The Morgan fingerprint density at radius 2 is 2.60 bits per heavy atom. The van der Waals surface area contributed by atoms with Gasteiger partial charge in [-0.1, -0.05) is 4.70 Å². The number of thioether (sulfide) groups is 1.